The molecule has 0 radical (unpaired) electrons. The minimum absolute atomic E-state index is 0.588. The van der Waals surface area contributed by atoms with Crippen molar-refractivity contribution in [3.8, 4) is 0 Å². The number of nitrogens with one attached hydrogen (secondary N) is 2. The van der Waals surface area contributed by atoms with Crippen molar-refractivity contribution in [2.24, 2.45) is 4.99 Å². The molecule has 0 unspecified atom stereocenters. The number of halogens is 2. The second kappa shape index (κ2) is 8.52. The van der Waals surface area contributed by atoms with Crippen molar-refractivity contribution in [2.45, 2.75) is 26.8 Å². The summed E-state index contributed by atoms with van der Waals surface area (Å²) in [4.78, 5) is 10.0. The molecule has 2 rings (SSSR count). The van der Waals surface area contributed by atoms with Crippen LogP contribution in [0.2, 0.25) is 10.0 Å². The van der Waals surface area contributed by atoms with Gasteiger partial charge in [-0.3, -0.25) is 4.99 Å². The highest BCUT2D eigenvalue weighted by atomic mass is 35.5. The van der Waals surface area contributed by atoms with Crippen LogP contribution in [0, 0.1) is 13.8 Å². The van der Waals surface area contributed by atoms with Crippen LogP contribution in [0.25, 0.3) is 0 Å². The van der Waals surface area contributed by atoms with Gasteiger partial charge < -0.3 is 10.6 Å². The third-order valence-corrected chi connectivity index (χ3v) is 5.11. The van der Waals surface area contributed by atoms with E-state index in [1.165, 1.54) is 4.88 Å². The molecule has 0 saturated carbocycles. The Morgan fingerprint density at radius 2 is 2.04 bits per heavy atom. The molecule has 0 aliphatic carbocycles. The molecule has 7 heteroatoms. The van der Waals surface area contributed by atoms with Gasteiger partial charge in [0.05, 0.1) is 10.7 Å². The van der Waals surface area contributed by atoms with Crippen molar-refractivity contribution >= 4 is 40.5 Å². The van der Waals surface area contributed by atoms with Gasteiger partial charge in [0.25, 0.3) is 0 Å². The molecular weight excluding hydrogens is 351 g/mol. The Kier molecular flexibility index (Phi) is 6.69. The van der Waals surface area contributed by atoms with Crippen LogP contribution in [0.15, 0.2) is 23.2 Å². The molecule has 0 amide bonds. The number of aryl methyl sites for hydroxylation is 2. The number of aliphatic imine (C=N–C) groups is 1. The first-order chi connectivity index (χ1) is 11.0. The molecule has 0 aliphatic heterocycles. The molecule has 2 N–H and O–H groups in total. The maximum atomic E-state index is 6.17. The molecule has 0 aliphatic rings. The predicted octanol–water partition coefficient (Wildman–Crippen LogP) is 3.97. The fourth-order valence-electron chi connectivity index (χ4n) is 2.00. The van der Waals surface area contributed by atoms with Gasteiger partial charge in [0.2, 0.25) is 0 Å². The first-order valence-corrected chi connectivity index (χ1v) is 8.88. The lowest BCUT2D eigenvalue weighted by Gasteiger charge is -2.12. The van der Waals surface area contributed by atoms with Gasteiger partial charge in [0.15, 0.2) is 5.96 Å². The molecular formula is C16H20Cl2N4S. The number of hydrogen-bond acceptors (Lipinski definition) is 3. The summed E-state index contributed by atoms with van der Waals surface area (Å²) in [6, 6.07) is 5.48. The molecule has 0 spiro atoms. The normalized spacial score (nSPS) is 11.6. The van der Waals surface area contributed by atoms with Crippen LogP contribution in [-0.2, 0) is 13.0 Å². The number of thiazole rings is 1. The van der Waals surface area contributed by atoms with Gasteiger partial charge in [0.1, 0.15) is 0 Å². The van der Waals surface area contributed by atoms with E-state index >= 15 is 0 Å². The second-order valence-electron chi connectivity index (χ2n) is 5.09. The van der Waals surface area contributed by atoms with Crippen LogP contribution in [0.5, 0.6) is 0 Å². The number of rotatable bonds is 5. The summed E-state index contributed by atoms with van der Waals surface area (Å²) in [5.41, 5.74) is 2.09. The van der Waals surface area contributed by atoms with Crippen molar-refractivity contribution in [2.75, 3.05) is 13.6 Å². The Balaban J connectivity index is 1.81. The number of aromatic nitrogens is 1. The van der Waals surface area contributed by atoms with E-state index in [9.17, 15) is 0 Å². The van der Waals surface area contributed by atoms with Crippen molar-refractivity contribution in [3.05, 3.63) is 49.4 Å². The zero-order valence-corrected chi connectivity index (χ0v) is 15.7. The summed E-state index contributed by atoms with van der Waals surface area (Å²) in [7, 11) is 1.75. The van der Waals surface area contributed by atoms with Crippen LogP contribution in [0.3, 0.4) is 0 Å². The number of guanidine groups is 1. The zero-order chi connectivity index (χ0) is 16.8. The maximum absolute atomic E-state index is 6.17. The summed E-state index contributed by atoms with van der Waals surface area (Å²) < 4.78 is 0. The summed E-state index contributed by atoms with van der Waals surface area (Å²) >= 11 is 13.8. The molecule has 0 bridgehead atoms. The topological polar surface area (TPSA) is 49.3 Å². The van der Waals surface area contributed by atoms with Gasteiger partial charge in [-0.25, -0.2) is 4.98 Å². The molecule has 0 fully saturated rings. The minimum atomic E-state index is 0.588. The smallest absolute Gasteiger partial charge is 0.191 e. The van der Waals surface area contributed by atoms with Crippen molar-refractivity contribution in [1.82, 2.24) is 15.6 Å². The van der Waals surface area contributed by atoms with Crippen LogP contribution in [-0.4, -0.2) is 24.5 Å². The summed E-state index contributed by atoms with van der Waals surface area (Å²) in [6.07, 6.45) is 0.877. The van der Waals surface area contributed by atoms with E-state index in [4.69, 9.17) is 23.2 Å². The Hall–Kier alpha value is -1.30. The molecule has 1 aromatic heterocycles. The second-order valence-corrected chi connectivity index (χ2v) is 7.22. The fourth-order valence-corrected chi connectivity index (χ4v) is 3.41. The monoisotopic (exact) mass is 370 g/mol. The fraction of sp³-hybridized carbons (Fsp3) is 0.375. The van der Waals surface area contributed by atoms with E-state index in [0.29, 0.717) is 16.6 Å². The average molecular weight is 371 g/mol. The SMILES string of the molecule is CN=C(NCCc1nc(C)c(C)s1)NCc1ccc(Cl)cc1Cl. The quantitative estimate of drug-likeness (QED) is 0.618. The van der Waals surface area contributed by atoms with E-state index in [2.05, 4.69) is 27.5 Å². The lowest BCUT2D eigenvalue weighted by molar-refractivity contribution is 0.791. The van der Waals surface area contributed by atoms with Crippen LogP contribution >= 0.6 is 34.5 Å². The third-order valence-electron chi connectivity index (χ3n) is 3.39. The lowest BCUT2D eigenvalue weighted by atomic mass is 10.2. The zero-order valence-electron chi connectivity index (χ0n) is 13.4. The molecule has 1 aromatic carbocycles. The number of benzene rings is 1. The van der Waals surface area contributed by atoms with E-state index in [-0.39, 0.29) is 0 Å². The van der Waals surface area contributed by atoms with Gasteiger partial charge >= 0.3 is 0 Å². The summed E-state index contributed by atoms with van der Waals surface area (Å²) in [6.45, 7) is 5.50. The van der Waals surface area contributed by atoms with Gasteiger partial charge in [-0.15, -0.1) is 11.3 Å². The summed E-state index contributed by atoms with van der Waals surface area (Å²) in [5.74, 6) is 0.737. The molecule has 0 saturated heterocycles. The average Bonchev–Trinajstić information content (AvgIpc) is 2.82. The Morgan fingerprint density at radius 3 is 2.65 bits per heavy atom. The molecule has 2 aromatic rings. The molecule has 23 heavy (non-hydrogen) atoms. The molecule has 0 atom stereocenters. The van der Waals surface area contributed by atoms with E-state index in [1.807, 2.05) is 19.1 Å². The lowest BCUT2D eigenvalue weighted by Crippen LogP contribution is -2.37. The largest absolute Gasteiger partial charge is 0.356 e. The molecule has 1 heterocycles. The molecule has 124 valence electrons. The third kappa shape index (κ3) is 5.37. The first kappa shape index (κ1) is 18.0. The first-order valence-electron chi connectivity index (χ1n) is 7.31. The number of hydrogen-bond donors (Lipinski definition) is 2. The summed E-state index contributed by atoms with van der Waals surface area (Å²) in [5, 5.41) is 8.95. The van der Waals surface area contributed by atoms with Gasteiger partial charge in [-0.05, 0) is 31.5 Å². The van der Waals surface area contributed by atoms with Gasteiger partial charge in [0, 0.05) is 41.5 Å². The Bertz CT molecular complexity index is 678. The maximum Gasteiger partial charge on any atom is 0.191 e. The number of nitrogens with zero attached hydrogens (tertiary/aromatic N) is 2. The highest BCUT2D eigenvalue weighted by Crippen LogP contribution is 2.20. The van der Waals surface area contributed by atoms with Crippen LogP contribution < -0.4 is 10.6 Å². The highest BCUT2D eigenvalue weighted by molar-refractivity contribution is 7.11. The van der Waals surface area contributed by atoms with E-state index in [1.54, 1.807) is 24.5 Å². The Morgan fingerprint density at radius 1 is 1.26 bits per heavy atom. The predicted molar refractivity (Wildman–Crippen MR) is 100.0 cm³/mol. The minimum Gasteiger partial charge on any atom is -0.356 e. The van der Waals surface area contributed by atoms with Crippen LogP contribution in [0.4, 0.5) is 0 Å². The van der Waals surface area contributed by atoms with Crippen LogP contribution in [0.1, 0.15) is 21.1 Å². The van der Waals surface area contributed by atoms with Crippen molar-refractivity contribution < 1.29 is 0 Å². The Labute approximate surface area is 151 Å². The van der Waals surface area contributed by atoms with Crippen molar-refractivity contribution in [1.29, 1.82) is 0 Å². The highest BCUT2D eigenvalue weighted by Gasteiger charge is 2.05. The van der Waals surface area contributed by atoms with Crippen molar-refractivity contribution in [3.63, 3.8) is 0 Å². The van der Waals surface area contributed by atoms with E-state index in [0.717, 1.165) is 35.2 Å². The van der Waals surface area contributed by atoms with Gasteiger partial charge in [-0.2, -0.15) is 0 Å². The van der Waals surface area contributed by atoms with E-state index < -0.39 is 0 Å². The standard InChI is InChI=1S/C16H20Cl2N4S/c1-10-11(2)23-15(22-10)6-7-20-16(19-3)21-9-12-4-5-13(17)8-14(12)18/h4-5,8H,6-7,9H2,1-3H3,(H2,19,20,21). The molecule has 4 nitrogen and oxygen atoms in total. The van der Waals surface area contributed by atoms with Gasteiger partial charge in [-0.1, -0.05) is 29.3 Å².